The first-order chi connectivity index (χ1) is 6.66. The number of aromatic nitrogens is 2. The highest BCUT2D eigenvalue weighted by Crippen LogP contribution is 2.12. The molecule has 1 heterocycles. The van der Waals surface area contributed by atoms with Crippen LogP contribution in [0.1, 0.15) is 11.4 Å². The lowest BCUT2D eigenvalue weighted by Crippen LogP contribution is -1.99. The zero-order valence-electron chi connectivity index (χ0n) is 8.08. The number of hydrogen-bond acceptors (Lipinski definition) is 1. The minimum atomic E-state index is -0.272. The molecule has 2 aromatic rings. The average molecular weight is 189 g/mol. The van der Waals surface area contributed by atoms with E-state index in [0.29, 0.717) is 5.69 Å². The topological polar surface area (TPSA) is 17.8 Å². The van der Waals surface area contributed by atoms with Crippen LogP contribution in [0.15, 0.2) is 24.3 Å². The molecule has 0 saturated carbocycles. The second-order valence-corrected chi connectivity index (χ2v) is 3.23. The molecule has 3 heteroatoms. The van der Waals surface area contributed by atoms with E-state index in [4.69, 9.17) is 0 Å². The van der Waals surface area contributed by atoms with Gasteiger partial charge in [-0.15, -0.1) is 0 Å². The zero-order chi connectivity index (χ0) is 10.1. The molecule has 1 radical (unpaired) electrons. The molecular formula is C11H10FN2. The van der Waals surface area contributed by atoms with Crippen molar-refractivity contribution in [2.45, 2.75) is 13.8 Å². The first-order valence-corrected chi connectivity index (χ1v) is 4.38. The molecule has 2 nitrogen and oxygen atoms in total. The van der Waals surface area contributed by atoms with Gasteiger partial charge in [-0.3, -0.25) is 0 Å². The molecule has 71 valence electrons. The summed E-state index contributed by atoms with van der Waals surface area (Å²) < 4.78 is 14.6. The third-order valence-electron chi connectivity index (χ3n) is 1.99. The molecule has 0 amide bonds. The van der Waals surface area contributed by atoms with Crippen molar-refractivity contribution in [3.8, 4) is 5.69 Å². The van der Waals surface area contributed by atoms with Crippen LogP contribution in [-0.4, -0.2) is 9.78 Å². The van der Waals surface area contributed by atoms with Crippen molar-refractivity contribution in [3.05, 3.63) is 47.5 Å². The SMILES string of the molecule is Cc1cc(C)n(-c2[c]ccc(F)c2)n1. The number of aryl methyl sites for hydroxylation is 2. The Balaban J connectivity index is 2.54. The van der Waals surface area contributed by atoms with E-state index < -0.39 is 0 Å². The van der Waals surface area contributed by atoms with Gasteiger partial charge in [0.05, 0.1) is 11.4 Å². The van der Waals surface area contributed by atoms with E-state index in [9.17, 15) is 4.39 Å². The average Bonchev–Trinajstić information content (AvgIpc) is 2.45. The van der Waals surface area contributed by atoms with Gasteiger partial charge in [0.15, 0.2) is 0 Å². The normalized spacial score (nSPS) is 10.5. The minimum Gasteiger partial charge on any atom is -0.237 e. The fourth-order valence-electron chi connectivity index (χ4n) is 1.42. The summed E-state index contributed by atoms with van der Waals surface area (Å²) in [5.41, 5.74) is 2.53. The lowest BCUT2D eigenvalue weighted by Gasteiger charge is -2.02. The zero-order valence-corrected chi connectivity index (χ0v) is 8.08. The van der Waals surface area contributed by atoms with Gasteiger partial charge in [0, 0.05) is 17.8 Å². The summed E-state index contributed by atoms with van der Waals surface area (Å²) in [6.45, 7) is 3.83. The van der Waals surface area contributed by atoms with Gasteiger partial charge in [0.2, 0.25) is 0 Å². The van der Waals surface area contributed by atoms with Crippen LogP contribution < -0.4 is 0 Å². The lowest BCUT2D eigenvalue weighted by molar-refractivity contribution is 0.625. The highest BCUT2D eigenvalue weighted by Gasteiger charge is 2.03. The van der Waals surface area contributed by atoms with E-state index in [1.165, 1.54) is 12.1 Å². The van der Waals surface area contributed by atoms with Gasteiger partial charge < -0.3 is 0 Å². The van der Waals surface area contributed by atoms with Crippen molar-refractivity contribution in [2.24, 2.45) is 0 Å². The first kappa shape index (κ1) is 8.94. The first-order valence-electron chi connectivity index (χ1n) is 4.38. The molecule has 1 aromatic carbocycles. The van der Waals surface area contributed by atoms with Gasteiger partial charge >= 0.3 is 0 Å². The van der Waals surface area contributed by atoms with Gasteiger partial charge in [0.25, 0.3) is 0 Å². The van der Waals surface area contributed by atoms with E-state index in [1.807, 2.05) is 19.9 Å². The Hall–Kier alpha value is -1.64. The fourth-order valence-corrected chi connectivity index (χ4v) is 1.42. The van der Waals surface area contributed by atoms with Crippen molar-refractivity contribution in [1.29, 1.82) is 0 Å². The number of nitrogens with zero attached hydrogens (tertiary/aromatic N) is 2. The summed E-state index contributed by atoms with van der Waals surface area (Å²) >= 11 is 0. The molecule has 14 heavy (non-hydrogen) atoms. The van der Waals surface area contributed by atoms with Crippen LogP contribution >= 0.6 is 0 Å². The Morgan fingerprint density at radius 2 is 2.14 bits per heavy atom. The Morgan fingerprint density at radius 3 is 2.71 bits per heavy atom. The summed E-state index contributed by atoms with van der Waals surface area (Å²) in [4.78, 5) is 0. The van der Waals surface area contributed by atoms with E-state index in [2.05, 4.69) is 11.2 Å². The van der Waals surface area contributed by atoms with Crippen molar-refractivity contribution in [2.75, 3.05) is 0 Å². The standard InChI is InChI=1S/C11H10FN2/c1-8-6-9(2)14(13-8)11-5-3-4-10(12)7-11/h3-4,6-7H,1-2H3. The molecule has 2 rings (SSSR count). The highest BCUT2D eigenvalue weighted by atomic mass is 19.1. The Bertz CT molecular complexity index is 460. The molecule has 0 atom stereocenters. The summed E-state index contributed by atoms with van der Waals surface area (Å²) in [6, 6.07) is 9.23. The van der Waals surface area contributed by atoms with Crippen LogP contribution in [0.4, 0.5) is 4.39 Å². The van der Waals surface area contributed by atoms with Gasteiger partial charge in [0.1, 0.15) is 5.82 Å². The van der Waals surface area contributed by atoms with E-state index in [-0.39, 0.29) is 5.82 Å². The molecular weight excluding hydrogens is 179 g/mol. The maximum atomic E-state index is 12.9. The number of rotatable bonds is 1. The summed E-state index contributed by atoms with van der Waals surface area (Å²) in [6.07, 6.45) is 0. The predicted molar refractivity (Wildman–Crippen MR) is 51.8 cm³/mol. The maximum Gasteiger partial charge on any atom is 0.125 e. The van der Waals surface area contributed by atoms with E-state index in [0.717, 1.165) is 11.4 Å². The van der Waals surface area contributed by atoms with Crippen LogP contribution in [0.3, 0.4) is 0 Å². The number of halogens is 1. The second-order valence-electron chi connectivity index (χ2n) is 3.23. The van der Waals surface area contributed by atoms with Crippen LogP contribution in [0.5, 0.6) is 0 Å². The van der Waals surface area contributed by atoms with Crippen LogP contribution in [0.2, 0.25) is 0 Å². The molecule has 1 aromatic heterocycles. The van der Waals surface area contributed by atoms with Crippen molar-refractivity contribution >= 4 is 0 Å². The summed E-state index contributed by atoms with van der Waals surface area (Å²) in [5, 5.41) is 4.24. The minimum absolute atomic E-state index is 0.272. The molecule has 0 fully saturated rings. The summed E-state index contributed by atoms with van der Waals surface area (Å²) in [5.74, 6) is -0.272. The van der Waals surface area contributed by atoms with Gasteiger partial charge in [-0.1, -0.05) is 0 Å². The van der Waals surface area contributed by atoms with Crippen molar-refractivity contribution in [1.82, 2.24) is 9.78 Å². The van der Waals surface area contributed by atoms with Gasteiger partial charge in [-0.25, -0.2) is 9.07 Å². The Labute approximate surface area is 82.0 Å². The Morgan fingerprint density at radius 1 is 1.36 bits per heavy atom. The van der Waals surface area contributed by atoms with Gasteiger partial charge in [-0.05, 0) is 32.0 Å². The molecule has 0 saturated heterocycles. The van der Waals surface area contributed by atoms with E-state index >= 15 is 0 Å². The molecule has 0 spiro atoms. The van der Waals surface area contributed by atoms with E-state index in [1.54, 1.807) is 10.7 Å². The monoisotopic (exact) mass is 189 g/mol. The van der Waals surface area contributed by atoms with Crippen molar-refractivity contribution < 1.29 is 4.39 Å². The molecule has 0 aliphatic heterocycles. The molecule has 0 N–H and O–H groups in total. The molecule has 0 aliphatic rings. The number of hydrogen-bond donors (Lipinski definition) is 0. The summed E-state index contributed by atoms with van der Waals surface area (Å²) in [7, 11) is 0. The van der Waals surface area contributed by atoms with Crippen LogP contribution in [0, 0.1) is 25.7 Å². The highest BCUT2D eigenvalue weighted by molar-refractivity contribution is 5.32. The number of benzene rings is 1. The smallest absolute Gasteiger partial charge is 0.125 e. The molecule has 0 unspecified atom stereocenters. The molecule has 0 aliphatic carbocycles. The Kier molecular flexibility index (Phi) is 2.08. The quantitative estimate of drug-likeness (QED) is 0.673. The fraction of sp³-hybridized carbons (Fsp3) is 0.182. The third kappa shape index (κ3) is 1.53. The van der Waals surface area contributed by atoms with Crippen LogP contribution in [-0.2, 0) is 0 Å². The largest absolute Gasteiger partial charge is 0.237 e. The molecule has 0 bridgehead atoms. The third-order valence-corrected chi connectivity index (χ3v) is 1.99. The lowest BCUT2D eigenvalue weighted by atomic mass is 10.3. The van der Waals surface area contributed by atoms with Crippen molar-refractivity contribution in [3.63, 3.8) is 0 Å². The predicted octanol–water partition coefficient (Wildman–Crippen LogP) is 2.43. The maximum absolute atomic E-state index is 12.9. The van der Waals surface area contributed by atoms with Gasteiger partial charge in [-0.2, -0.15) is 5.10 Å². The second kappa shape index (κ2) is 3.25. The van der Waals surface area contributed by atoms with Crippen LogP contribution in [0.25, 0.3) is 5.69 Å².